The highest BCUT2D eigenvalue weighted by Gasteiger charge is 2.28. The summed E-state index contributed by atoms with van der Waals surface area (Å²) in [5, 5.41) is 4.17. The second kappa shape index (κ2) is 7.70. The van der Waals surface area contributed by atoms with Crippen molar-refractivity contribution < 1.29 is 13.7 Å². The molecule has 6 rings (SSSR count). The number of imidazole rings is 1. The third-order valence-corrected chi connectivity index (χ3v) is 6.01. The summed E-state index contributed by atoms with van der Waals surface area (Å²) in [7, 11) is 0. The highest BCUT2D eigenvalue weighted by molar-refractivity contribution is 5.95. The molecule has 0 saturated heterocycles. The number of carbonyl (C=O) groups is 1. The van der Waals surface area contributed by atoms with Crippen LogP contribution >= 0.6 is 0 Å². The normalized spacial score (nSPS) is 13.3. The Morgan fingerprint density at radius 1 is 1.00 bits per heavy atom. The first kappa shape index (κ1) is 19.4. The molecule has 0 fully saturated rings. The number of pyridine rings is 1. The number of halogens is 1. The Morgan fingerprint density at radius 3 is 2.64 bits per heavy atom. The van der Waals surface area contributed by atoms with Gasteiger partial charge in [0.2, 0.25) is 0 Å². The minimum atomic E-state index is -0.311. The largest absolute Gasteiger partial charge is 0.356 e. The minimum Gasteiger partial charge on any atom is -0.356 e. The molecule has 0 unspecified atom stereocenters. The molecular formula is C26H19FN4O2. The van der Waals surface area contributed by atoms with Crippen LogP contribution in [0.5, 0.6) is 0 Å². The lowest BCUT2D eigenvalue weighted by Crippen LogP contribution is -2.36. The predicted molar refractivity (Wildman–Crippen MR) is 121 cm³/mol. The quantitative estimate of drug-likeness (QED) is 0.398. The van der Waals surface area contributed by atoms with Crippen molar-refractivity contribution in [1.29, 1.82) is 0 Å². The first-order valence-corrected chi connectivity index (χ1v) is 10.7. The summed E-state index contributed by atoms with van der Waals surface area (Å²) in [6, 6.07) is 19.7. The van der Waals surface area contributed by atoms with Crippen LogP contribution in [0.3, 0.4) is 0 Å². The summed E-state index contributed by atoms with van der Waals surface area (Å²) in [6.07, 6.45) is 4.43. The molecule has 2 aromatic carbocycles. The fourth-order valence-electron chi connectivity index (χ4n) is 4.26. The summed E-state index contributed by atoms with van der Waals surface area (Å²) in [5.41, 5.74) is 5.63. The minimum absolute atomic E-state index is 0.0707. The Morgan fingerprint density at radius 2 is 1.82 bits per heavy atom. The van der Waals surface area contributed by atoms with Gasteiger partial charge in [0.1, 0.15) is 11.5 Å². The van der Waals surface area contributed by atoms with Gasteiger partial charge in [-0.05, 0) is 36.4 Å². The van der Waals surface area contributed by atoms with Crippen molar-refractivity contribution in [1.82, 2.24) is 19.4 Å². The molecule has 33 heavy (non-hydrogen) atoms. The number of hydrogen-bond donors (Lipinski definition) is 0. The van der Waals surface area contributed by atoms with E-state index in [1.54, 1.807) is 17.0 Å². The molecule has 1 amide bonds. The van der Waals surface area contributed by atoms with E-state index in [4.69, 9.17) is 9.51 Å². The third kappa shape index (κ3) is 3.47. The van der Waals surface area contributed by atoms with E-state index in [0.29, 0.717) is 30.8 Å². The number of rotatable bonds is 3. The van der Waals surface area contributed by atoms with Crippen molar-refractivity contribution in [2.24, 2.45) is 0 Å². The Labute approximate surface area is 188 Å². The van der Waals surface area contributed by atoms with E-state index in [1.165, 1.54) is 12.1 Å². The molecule has 0 atom stereocenters. The Hall–Kier alpha value is -4.26. The van der Waals surface area contributed by atoms with Crippen molar-refractivity contribution >= 4 is 11.6 Å². The summed E-state index contributed by atoms with van der Waals surface area (Å²) in [6.45, 7) is 0.940. The standard InChI is InChI=1S/C26H19FN4O2/c27-20-8-6-18(7-9-20)25-21-15-31(13-11-22(21)29-33-25)26(32)19-10-12-30-16-23(28-24(30)14-19)17-4-2-1-3-5-17/h1-10,12,14,16H,11,13,15H2. The monoisotopic (exact) mass is 438 g/mol. The molecule has 7 heteroatoms. The van der Waals surface area contributed by atoms with E-state index in [-0.39, 0.29) is 11.7 Å². The molecule has 0 spiro atoms. The number of hydrogen-bond acceptors (Lipinski definition) is 4. The molecule has 0 radical (unpaired) electrons. The average molecular weight is 438 g/mol. The average Bonchev–Trinajstić information content (AvgIpc) is 3.48. The summed E-state index contributed by atoms with van der Waals surface area (Å²) in [5.74, 6) is 0.200. The lowest BCUT2D eigenvalue weighted by atomic mass is 10.0. The molecule has 6 nitrogen and oxygen atoms in total. The molecule has 0 saturated carbocycles. The summed E-state index contributed by atoms with van der Waals surface area (Å²) >= 11 is 0. The fourth-order valence-corrected chi connectivity index (χ4v) is 4.26. The fraction of sp³-hybridized carbons (Fsp3) is 0.115. The van der Waals surface area contributed by atoms with Crippen LogP contribution in [0.15, 0.2) is 83.6 Å². The molecule has 0 aliphatic carbocycles. The van der Waals surface area contributed by atoms with Gasteiger partial charge in [-0.1, -0.05) is 35.5 Å². The molecule has 5 aromatic rings. The first-order chi connectivity index (χ1) is 16.2. The van der Waals surface area contributed by atoms with Gasteiger partial charge >= 0.3 is 0 Å². The van der Waals surface area contributed by atoms with E-state index in [2.05, 4.69) is 5.16 Å². The highest BCUT2D eigenvalue weighted by atomic mass is 19.1. The van der Waals surface area contributed by atoms with Crippen molar-refractivity contribution in [2.75, 3.05) is 6.54 Å². The van der Waals surface area contributed by atoms with Crippen LogP contribution in [0.2, 0.25) is 0 Å². The van der Waals surface area contributed by atoms with Crippen LogP contribution < -0.4 is 0 Å². The Balaban J connectivity index is 1.28. The topological polar surface area (TPSA) is 63.6 Å². The third-order valence-electron chi connectivity index (χ3n) is 6.01. The molecule has 0 bridgehead atoms. The zero-order valence-electron chi connectivity index (χ0n) is 17.6. The predicted octanol–water partition coefficient (Wildman–Crippen LogP) is 4.99. The second-order valence-electron chi connectivity index (χ2n) is 8.09. The van der Waals surface area contributed by atoms with Gasteiger partial charge in [-0.3, -0.25) is 4.79 Å². The molecule has 4 heterocycles. The SMILES string of the molecule is O=C(c1ccn2cc(-c3ccccc3)nc2c1)N1CCc2noc(-c3ccc(F)cc3)c2C1. The van der Waals surface area contributed by atoms with Crippen LogP contribution in [-0.4, -0.2) is 31.9 Å². The number of nitrogens with zero attached hydrogens (tertiary/aromatic N) is 4. The van der Waals surface area contributed by atoms with Crippen molar-refractivity contribution in [3.05, 3.63) is 102 Å². The van der Waals surface area contributed by atoms with Crippen LogP contribution in [0.4, 0.5) is 4.39 Å². The molecule has 1 aliphatic rings. The maximum Gasteiger partial charge on any atom is 0.254 e. The number of fused-ring (bicyclic) bond motifs is 2. The van der Waals surface area contributed by atoms with E-state index in [9.17, 15) is 9.18 Å². The van der Waals surface area contributed by atoms with Crippen LogP contribution in [-0.2, 0) is 13.0 Å². The van der Waals surface area contributed by atoms with Crippen LogP contribution in [0.1, 0.15) is 21.6 Å². The van der Waals surface area contributed by atoms with Crippen molar-refractivity contribution in [3.63, 3.8) is 0 Å². The number of benzene rings is 2. The molecule has 3 aromatic heterocycles. The maximum absolute atomic E-state index is 13.3. The zero-order valence-corrected chi connectivity index (χ0v) is 17.6. The number of carbonyl (C=O) groups excluding carboxylic acids is 1. The van der Waals surface area contributed by atoms with E-state index in [0.717, 1.165) is 33.7 Å². The Bertz CT molecular complexity index is 1470. The summed E-state index contributed by atoms with van der Waals surface area (Å²) < 4.78 is 20.8. The van der Waals surface area contributed by atoms with Crippen LogP contribution in [0, 0.1) is 5.82 Å². The van der Waals surface area contributed by atoms with Gasteiger partial charge in [0.15, 0.2) is 5.76 Å². The van der Waals surface area contributed by atoms with Gasteiger partial charge in [-0.2, -0.15) is 0 Å². The lowest BCUT2D eigenvalue weighted by molar-refractivity contribution is 0.0734. The Kier molecular flexibility index (Phi) is 4.54. The van der Waals surface area contributed by atoms with Gasteiger partial charge in [0, 0.05) is 47.6 Å². The van der Waals surface area contributed by atoms with Crippen LogP contribution in [0.25, 0.3) is 28.2 Å². The van der Waals surface area contributed by atoms with E-state index in [1.807, 2.05) is 59.3 Å². The van der Waals surface area contributed by atoms with Crippen molar-refractivity contribution in [3.8, 4) is 22.6 Å². The lowest BCUT2D eigenvalue weighted by Gasteiger charge is -2.26. The maximum atomic E-state index is 13.3. The van der Waals surface area contributed by atoms with E-state index < -0.39 is 0 Å². The van der Waals surface area contributed by atoms with Crippen molar-refractivity contribution in [2.45, 2.75) is 13.0 Å². The summed E-state index contributed by atoms with van der Waals surface area (Å²) in [4.78, 5) is 19.8. The van der Waals surface area contributed by atoms with Gasteiger partial charge in [0.25, 0.3) is 5.91 Å². The smallest absolute Gasteiger partial charge is 0.254 e. The highest BCUT2D eigenvalue weighted by Crippen LogP contribution is 2.31. The molecule has 162 valence electrons. The molecule has 1 aliphatic heterocycles. The zero-order chi connectivity index (χ0) is 22.4. The first-order valence-electron chi connectivity index (χ1n) is 10.7. The van der Waals surface area contributed by atoms with E-state index >= 15 is 0 Å². The van der Waals surface area contributed by atoms with Gasteiger partial charge in [-0.25, -0.2) is 9.37 Å². The van der Waals surface area contributed by atoms with Gasteiger partial charge in [0.05, 0.1) is 17.9 Å². The van der Waals surface area contributed by atoms with Gasteiger partial charge < -0.3 is 13.8 Å². The molecule has 0 N–H and O–H groups in total. The molecular weight excluding hydrogens is 419 g/mol. The number of aromatic nitrogens is 3. The van der Waals surface area contributed by atoms with Gasteiger partial charge in [-0.15, -0.1) is 0 Å². The number of amides is 1. The second-order valence-corrected chi connectivity index (χ2v) is 8.09.